The summed E-state index contributed by atoms with van der Waals surface area (Å²) in [6, 6.07) is 0. The molecule has 1 saturated carbocycles. The molecule has 6 heteroatoms. The van der Waals surface area contributed by atoms with Gasteiger partial charge in [0, 0.05) is 20.1 Å². The molecule has 1 aliphatic carbocycles. The van der Waals surface area contributed by atoms with Crippen LogP contribution in [0.4, 0.5) is 0 Å². The van der Waals surface area contributed by atoms with E-state index in [1.807, 2.05) is 0 Å². The topological polar surface area (TPSA) is 61.4 Å². The standard InChI is InChI=1S/C12H27N3O2S/c1-4-6-13-7-5-8-15(3)18(16,17)14-10-12-9-11(12)2/h11-14H,4-10H2,1-3H3. The van der Waals surface area contributed by atoms with E-state index in [-0.39, 0.29) is 0 Å². The third-order valence-corrected chi connectivity index (χ3v) is 5.00. The van der Waals surface area contributed by atoms with Crippen LogP contribution in [0.2, 0.25) is 0 Å². The lowest BCUT2D eigenvalue weighted by Crippen LogP contribution is -2.40. The van der Waals surface area contributed by atoms with Crippen LogP contribution in [-0.2, 0) is 10.2 Å². The molecule has 0 aliphatic heterocycles. The Morgan fingerprint density at radius 2 is 2.00 bits per heavy atom. The summed E-state index contributed by atoms with van der Waals surface area (Å²) < 4.78 is 27.9. The van der Waals surface area contributed by atoms with Gasteiger partial charge in [0.25, 0.3) is 10.2 Å². The van der Waals surface area contributed by atoms with Crippen molar-refractivity contribution in [2.45, 2.75) is 33.1 Å². The minimum atomic E-state index is -3.28. The van der Waals surface area contributed by atoms with Crippen molar-refractivity contribution in [3.8, 4) is 0 Å². The van der Waals surface area contributed by atoms with Gasteiger partial charge in [-0.3, -0.25) is 0 Å². The molecule has 2 N–H and O–H groups in total. The van der Waals surface area contributed by atoms with Crippen LogP contribution in [0.5, 0.6) is 0 Å². The number of nitrogens with zero attached hydrogens (tertiary/aromatic N) is 1. The summed E-state index contributed by atoms with van der Waals surface area (Å²) in [7, 11) is -1.64. The van der Waals surface area contributed by atoms with Gasteiger partial charge in [0.15, 0.2) is 0 Å². The monoisotopic (exact) mass is 277 g/mol. The fourth-order valence-corrected chi connectivity index (χ4v) is 2.87. The first-order valence-electron chi connectivity index (χ1n) is 6.89. The summed E-state index contributed by atoms with van der Waals surface area (Å²) in [5.41, 5.74) is 0. The van der Waals surface area contributed by atoms with Crippen molar-refractivity contribution in [3.05, 3.63) is 0 Å². The predicted molar refractivity (Wildman–Crippen MR) is 74.6 cm³/mol. The molecule has 1 rings (SSSR count). The number of hydrogen-bond donors (Lipinski definition) is 2. The molecule has 1 aliphatic rings. The van der Waals surface area contributed by atoms with Crippen molar-refractivity contribution < 1.29 is 8.42 Å². The van der Waals surface area contributed by atoms with Crippen LogP contribution < -0.4 is 10.0 Å². The maximum absolute atomic E-state index is 11.9. The van der Waals surface area contributed by atoms with Crippen LogP contribution in [0, 0.1) is 11.8 Å². The lowest BCUT2D eigenvalue weighted by Gasteiger charge is -2.17. The van der Waals surface area contributed by atoms with Gasteiger partial charge in [-0.25, -0.2) is 4.72 Å². The molecule has 108 valence electrons. The van der Waals surface area contributed by atoms with Gasteiger partial charge in [0.05, 0.1) is 0 Å². The van der Waals surface area contributed by atoms with Crippen LogP contribution >= 0.6 is 0 Å². The molecule has 2 atom stereocenters. The second-order valence-corrected chi connectivity index (χ2v) is 7.11. The Labute approximate surface area is 112 Å². The zero-order valence-electron chi connectivity index (χ0n) is 11.8. The molecule has 0 bridgehead atoms. The Morgan fingerprint density at radius 3 is 2.56 bits per heavy atom. The van der Waals surface area contributed by atoms with Crippen molar-refractivity contribution in [3.63, 3.8) is 0 Å². The Balaban J connectivity index is 2.15. The van der Waals surface area contributed by atoms with E-state index >= 15 is 0 Å². The zero-order valence-corrected chi connectivity index (χ0v) is 12.6. The Kier molecular flexibility index (Phi) is 6.55. The normalized spacial score (nSPS) is 23.6. The van der Waals surface area contributed by atoms with Crippen molar-refractivity contribution >= 4 is 10.2 Å². The van der Waals surface area contributed by atoms with E-state index < -0.39 is 10.2 Å². The lowest BCUT2D eigenvalue weighted by molar-refractivity contribution is 0.442. The fraction of sp³-hybridized carbons (Fsp3) is 1.00. The van der Waals surface area contributed by atoms with Crippen LogP contribution in [-0.4, -0.2) is 45.9 Å². The molecule has 0 radical (unpaired) electrons. The van der Waals surface area contributed by atoms with E-state index in [0.717, 1.165) is 32.4 Å². The largest absolute Gasteiger partial charge is 0.317 e. The molecule has 0 aromatic heterocycles. The third kappa shape index (κ3) is 5.65. The van der Waals surface area contributed by atoms with Crippen molar-refractivity contribution in [1.29, 1.82) is 0 Å². The van der Waals surface area contributed by atoms with Gasteiger partial charge in [-0.05, 0) is 44.2 Å². The summed E-state index contributed by atoms with van der Waals surface area (Å²) >= 11 is 0. The maximum atomic E-state index is 11.9. The SMILES string of the molecule is CCCNCCCN(C)S(=O)(=O)NCC1CC1C. The highest BCUT2D eigenvalue weighted by Crippen LogP contribution is 2.36. The molecule has 0 spiro atoms. The van der Waals surface area contributed by atoms with E-state index in [0.29, 0.717) is 24.9 Å². The third-order valence-electron chi connectivity index (χ3n) is 3.47. The van der Waals surface area contributed by atoms with E-state index in [2.05, 4.69) is 23.9 Å². The van der Waals surface area contributed by atoms with Crippen LogP contribution in [0.3, 0.4) is 0 Å². The molecule has 0 heterocycles. The van der Waals surface area contributed by atoms with E-state index in [9.17, 15) is 8.42 Å². The van der Waals surface area contributed by atoms with E-state index in [4.69, 9.17) is 0 Å². The second-order valence-electron chi connectivity index (χ2n) is 5.25. The minimum Gasteiger partial charge on any atom is -0.317 e. The number of hydrogen-bond acceptors (Lipinski definition) is 3. The molecule has 5 nitrogen and oxygen atoms in total. The van der Waals surface area contributed by atoms with Gasteiger partial charge >= 0.3 is 0 Å². The molecule has 0 aromatic carbocycles. The Morgan fingerprint density at radius 1 is 1.33 bits per heavy atom. The van der Waals surface area contributed by atoms with Gasteiger partial charge < -0.3 is 5.32 Å². The van der Waals surface area contributed by atoms with Gasteiger partial charge in [-0.2, -0.15) is 12.7 Å². The molecule has 2 unspecified atom stereocenters. The molecule has 0 amide bonds. The zero-order chi connectivity index (χ0) is 13.6. The summed E-state index contributed by atoms with van der Waals surface area (Å²) in [4.78, 5) is 0. The Bertz CT molecular complexity index is 332. The average Bonchev–Trinajstić information content (AvgIpc) is 3.02. The molecule has 0 saturated heterocycles. The molecule has 0 aromatic rings. The first-order chi connectivity index (χ1) is 8.47. The summed E-state index contributed by atoms with van der Waals surface area (Å²) in [5, 5.41) is 3.27. The van der Waals surface area contributed by atoms with Crippen LogP contribution in [0.1, 0.15) is 33.1 Å². The average molecular weight is 277 g/mol. The maximum Gasteiger partial charge on any atom is 0.279 e. The first kappa shape index (κ1) is 15.9. The van der Waals surface area contributed by atoms with Gasteiger partial charge in [-0.1, -0.05) is 13.8 Å². The lowest BCUT2D eigenvalue weighted by atomic mass is 10.3. The van der Waals surface area contributed by atoms with Crippen LogP contribution in [0.15, 0.2) is 0 Å². The van der Waals surface area contributed by atoms with Gasteiger partial charge in [-0.15, -0.1) is 0 Å². The second kappa shape index (κ2) is 7.43. The van der Waals surface area contributed by atoms with E-state index in [1.54, 1.807) is 7.05 Å². The summed E-state index contributed by atoms with van der Waals surface area (Å²) in [6.07, 6.45) is 3.10. The highest BCUT2D eigenvalue weighted by Gasteiger charge is 2.33. The number of nitrogens with one attached hydrogen (secondary N) is 2. The quantitative estimate of drug-likeness (QED) is 0.581. The van der Waals surface area contributed by atoms with E-state index in [1.165, 1.54) is 4.31 Å². The predicted octanol–water partition coefficient (Wildman–Crippen LogP) is 0.798. The van der Waals surface area contributed by atoms with Gasteiger partial charge in [0.2, 0.25) is 0 Å². The molecule has 18 heavy (non-hydrogen) atoms. The summed E-state index contributed by atoms with van der Waals surface area (Å²) in [5.74, 6) is 1.22. The molecular formula is C12H27N3O2S. The first-order valence-corrected chi connectivity index (χ1v) is 8.33. The van der Waals surface area contributed by atoms with Gasteiger partial charge in [0.1, 0.15) is 0 Å². The van der Waals surface area contributed by atoms with Crippen LogP contribution in [0.25, 0.3) is 0 Å². The molecular weight excluding hydrogens is 250 g/mol. The highest BCUT2D eigenvalue weighted by molar-refractivity contribution is 7.87. The summed E-state index contributed by atoms with van der Waals surface area (Å²) in [6.45, 7) is 7.28. The fourth-order valence-electron chi connectivity index (χ4n) is 1.85. The number of rotatable bonds is 10. The van der Waals surface area contributed by atoms with Crippen molar-refractivity contribution in [1.82, 2.24) is 14.3 Å². The smallest absolute Gasteiger partial charge is 0.279 e. The van der Waals surface area contributed by atoms with Crippen molar-refractivity contribution in [2.75, 3.05) is 33.2 Å². The highest BCUT2D eigenvalue weighted by atomic mass is 32.2. The van der Waals surface area contributed by atoms with Crippen molar-refractivity contribution in [2.24, 2.45) is 11.8 Å². The molecule has 1 fully saturated rings. The Hall–Kier alpha value is -0.170. The minimum absolute atomic E-state index is 0.541.